The Kier molecular flexibility index (Phi) is 5.63. The van der Waals surface area contributed by atoms with E-state index < -0.39 is 12.0 Å². The number of hydrogen-bond donors (Lipinski definition) is 2. The number of fused-ring (bicyclic) bond motifs is 1. The van der Waals surface area contributed by atoms with E-state index in [1.165, 1.54) is 12.1 Å². The lowest BCUT2D eigenvalue weighted by atomic mass is 9.93. The van der Waals surface area contributed by atoms with E-state index in [1.807, 2.05) is 24.3 Å². The largest absolute Gasteiger partial charge is 0.480 e. The molecule has 5 nitrogen and oxygen atoms in total. The van der Waals surface area contributed by atoms with E-state index in [0.29, 0.717) is 25.9 Å². The van der Waals surface area contributed by atoms with E-state index >= 15 is 0 Å². The van der Waals surface area contributed by atoms with Gasteiger partial charge in [0.05, 0.1) is 12.6 Å². The molecule has 1 aliphatic heterocycles. The lowest BCUT2D eigenvalue weighted by Crippen LogP contribution is -2.52. The third-order valence-corrected chi connectivity index (χ3v) is 4.61. The van der Waals surface area contributed by atoms with Crippen LogP contribution < -0.4 is 5.32 Å². The number of amides is 1. The Morgan fingerprint density at radius 2 is 1.81 bits per heavy atom. The highest BCUT2D eigenvalue weighted by Crippen LogP contribution is 2.23. The Bertz CT molecular complexity index is 792. The van der Waals surface area contributed by atoms with Crippen molar-refractivity contribution in [2.75, 3.05) is 13.1 Å². The lowest BCUT2D eigenvalue weighted by Gasteiger charge is -2.34. The monoisotopic (exact) mass is 356 g/mol. The number of carbonyl (C=O) groups is 2. The molecule has 0 aliphatic carbocycles. The molecule has 0 aromatic heterocycles. The summed E-state index contributed by atoms with van der Waals surface area (Å²) in [5, 5.41) is 12.0. The summed E-state index contributed by atoms with van der Waals surface area (Å²) in [5.74, 6) is -1.42. The zero-order valence-electron chi connectivity index (χ0n) is 14.3. The first-order chi connectivity index (χ1) is 12.5. The fourth-order valence-electron chi connectivity index (χ4n) is 3.27. The average molecular weight is 356 g/mol. The molecule has 0 unspecified atom stereocenters. The van der Waals surface area contributed by atoms with Gasteiger partial charge in [-0.15, -0.1) is 0 Å². The molecule has 2 aromatic carbocycles. The highest BCUT2D eigenvalue weighted by atomic mass is 19.1. The van der Waals surface area contributed by atoms with Crippen molar-refractivity contribution in [1.82, 2.24) is 10.2 Å². The number of hydrogen-bond acceptors (Lipinski definition) is 3. The Hall–Kier alpha value is -2.73. The van der Waals surface area contributed by atoms with Gasteiger partial charge in [0.25, 0.3) is 0 Å². The van der Waals surface area contributed by atoms with Crippen LogP contribution >= 0.6 is 0 Å². The lowest BCUT2D eigenvalue weighted by molar-refractivity contribution is -0.140. The summed E-state index contributed by atoms with van der Waals surface area (Å²) < 4.78 is 12.9. The van der Waals surface area contributed by atoms with Crippen LogP contribution in [0.2, 0.25) is 0 Å². The summed E-state index contributed by atoms with van der Waals surface area (Å²) in [6.45, 7) is 0.687. The highest BCUT2D eigenvalue weighted by molar-refractivity contribution is 5.83. The molecule has 0 saturated heterocycles. The number of carbonyl (C=O) groups excluding carboxylic acids is 1. The van der Waals surface area contributed by atoms with Gasteiger partial charge in [0, 0.05) is 13.1 Å². The van der Waals surface area contributed by atoms with Crippen LogP contribution in [0.1, 0.15) is 16.7 Å². The fraction of sp³-hybridized carbons (Fsp3) is 0.300. The molecule has 2 aromatic rings. The van der Waals surface area contributed by atoms with Crippen LogP contribution in [0.5, 0.6) is 0 Å². The number of nitrogens with zero attached hydrogens (tertiary/aromatic N) is 1. The van der Waals surface area contributed by atoms with Gasteiger partial charge in [0.1, 0.15) is 5.82 Å². The summed E-state index contributed by atoms with van der Waals surface area (Å²) in [6.07, 6.45) is 1.08. The third kappa shape index (κ3) is 4.46. The van der Waals surface area contributed by atoms with Crippen LogP contribution in [-0.4, -0.2) is 41.0 Å². The standard InChI is InChI=1S/C20H21FN2O3/c21-17-7-5-14(6-8-17)9-10-22-20(26)18-11-15-3-1-2-4-16(15)12-23(18)13-19(24)25/h1-8,18H,9-13H2,(H,22,26)(H,24,25)/t18-/m1/s1. The van der Waals surface area contributed by atoms with Gasteiger partial charge < -0.3 is 10.4 Å². The number of carboxylic acid groups (broad SMARTS) is 1. The maximum Gasteiger partial charge on any atom is 0.317 e. The molecular formula is C20H21FN2O3. The van der Waals surface area contributed by atoms with Gasteiger partial charge >= 0.3 is 5.97 Å². The minimum atomic E-state index is -0.950. The summed E-state index contributed by atoms with van der Waals surface area (Å²) in [5.41, 5.74) is 3.07. The van der Waals surface area contributed by atoms with E-state index in [1.54, 1.807) is 17.0 Å². The Labute approximate surface area is 151 Å². The van der Waals surface area contributed by atoms with Gasteiger partial charge in [-0.3, -0.25) is 14.5 Å². The summed E-state index contributed by atoms with van der Waals surface area (Å²) >= 11 is 0. The molecule has 1 heterocycles. The molecule has 1 aliphatic rings. The maximum absolute atomic E-state index is 12.9. The second-order valence-electron chi connectivity index (χ2n) is 6.45. The first kappa shape index (κ1) is 18.1. The molecule has 0 saturated carbocycles. The Morgan fingerprint density at radius 3 is 2.50 bits per heavy atom. The van der Waals surface area contributed by atoms with Crippen molar-refractivity contribution in [2.45, 2.75) is 25.4 Å². The molecule has 0 bridgehead atoms. The number of aliphatic carboxylic acids is 1. The molecule has 1 amide bonds. The number of rotatable bonds is 6. The normalized spacial score (nSPS) is 16.7. The second kappa shape index (κ2) is 8.10. The summed E-state index contributed by atoms with van der Waals surface area (Å²) in [4.78, 5) is 25.5. The van der Waals surface area contributed by atoms with Crippen LogP contribution in [-0.2, 0) is 29.0 Å². The van der Waals surface area contributed by atoms with Crippen LogP contribution in [0.3, 0.4) is 0 Å². The predicted octanol–water partition coefficient (Wildman–Crippen LogP) is 2.00. The molecule has 3 rings (SSSR count). The third-order valence-electron chi connectivity index (χ3n) is 4.61. The van der Waals surface area contributed by atoms with Crippen molar-refractivity contribution >= 4 is 11.9 Å². The van der Waals surface area contributed by atoms with Crippen LogP contribution in [0.15, 0.2) is 48.5 Å². The van der Waals surface area contributed by atoms with Crippen LogP contribution in [0.4, 0.5) is 4.39 Å². The van der Waals surface area contributed by atoms with Gasteiger partial charge in [0.15, 0.2) is 0 Å². The molecule has 136 valence electrons. The molecule has 0 fully saturated rings. The van der Waals surface area contributed by atoms with E-state index in [9.17, 15) is 14.0 Å². The van der Waals surface area contributed by atoms with Crippen molar-refractivity contribution < 1.29 is 19.1 Å². The first-order valence-electron chi connectivity index (χ1n) is 8.57. The van der Waals surface area contributed by atoms with Crippen molar-refractivity contribution in [2.24, 2.45) is 0 Å². The van der Waals surface area contributed by atoms with Crippen molar-refractivity contribution in [3.63, 3.8) is 0 Å². The molecular weight excluding hydrogens is 335 g/mol. The zero-order valence-corrected chi connectivity index (χ0v) is 14.3. The van der Waals surface area contributed by atoms with Crippen molar-refractivity contribution in [3.05, 3.63) is 71.0 Å². The number of nitrogens with one attached hydrogen (secondary N) is 1. The predicted molar refractivity (Wildman–Crippen MR) is 95.1 cm³/mol. The fourth-order valence-corrected chi connectivity index (χ4v) is 3.27. The van der Waals surface area contributed by atoms with Gasteiger partial charge in [-0.2, -0.15) is 0 Å². The first-order valence-corrected chi connectivity index (χ1v) is 8.57. The quantitative estimate of drug-likeness (QED) is 0.831. The topological polar surface area (TPSA) is 69.6 Å². The second-order valence-corrected chi connectivity index (χ2v) is 6.45. The maximum atomic E-state index is 12.9. The number of carboxylic acids is 1. The zero-order chi connectivity index (χ0) is 18.5. The van der Waals surface area contributed by atoms with Gasteiger partial charge in [-0.25, -0.2) is 4.39 Å². The van der Waals surface area contributed by atoms with Crippen LogP contribution in [0, 0.1) is 5.82 Å². The van der Waals surface area contributed by atoms with Crippen molar-refractivity contribution in [3.8, 4) is 0 Å². The molecule has 1 atom stereocenters. The smallest absolute Gasteiger partial charge is 0.317 e. The van der Waals surface area contributed by atoms with Crippen LogP contribution in [0.25, 0.3) is 0 Å². The van der Waals surface area contributed by atoms with Gasteiger partial charge in [-0.1, -0.05) is 36.4 Å². The van der Waals surface area contributed by atoms with E-state index in [2.05, 4.69) is 5.32 Å². The number of benzene rings is 2. The molecule has 2 N–H and O–H groups in total. The molecule has 0 radical (unpaired) electrons. The minimum absolute atomic E-state index is 0.176. The highest BCUT2D eigenvalue weighted by Gasteiger charge is 2.32. The van der Waals surface area contributed by atoms with E-state index in [4.69, 9.17) is 5.11 Å². The van der Waals surface area contributed by atoms with E-state index in [-0.39, 0.29) is 18.3 Å². The average Bonchev–Trinajstić information content (AvgIpc) is 2.62. The molecule has 26 heavy (non-hydrogen) atoms. The Morgan fingerprint density at radius 1 is 1.12 bits per heavy atom. The molecule has 0 spiro atoms. The summed E-state index contributed by atoms with van der Waals surface area (Å²) in [7, 11) is 0. The Balaban J connectivity index is 1.63. The SMILES string of the molecule is O=C(O)CN1Cc2ccccc2C[C@@H]1C(=O)NCCc1ccc(F)cc1. The molecule has 6 heteroatoms. The minimum Gasteiger partial charge on any atom is -0.480 e. The van der Waals surface area contributed by atoms with E-state index in [0.717, 1.165) is 16.7 Å². The number of halogens is 1. The summed E-state index contributed by atoms with van der Waals surface area (Å²) in [6, 6.07) is 13.4. The van der Waals surface area contributed by atoms with Gasteiger partial charge in [-0.05, 0) is 41.7 Å². The van der Waals surface area contributed by atoms with Gasteiger partial charge in [0.2, 0.25) is 5.91 Å². The van der Waals surface area contributed by atoms with Crippen molar-refractivity contribution in [1.29, 1.82) is 0 Å².